The minimum atomic E-state index is -0.581. The first-order valence-corrected chi connectivity index (χ1v) is 9.45. The summed E-state index contributed by atoms with van der Waals surface area (Å²) in [4.78, 5) is 42.5. The van der Waals surface area contributed by atoms with Gasteiger partial charge in [0, 0.05) is 31.9 Å². The van der Waals surface area contributed by atoms with E-state index in [0.29, 0.717) is 38.0 Å². The lowest BCUT2D eigenvalue weighted by Gasteiger charge is -2.37. The Morgan fingerprint density at radius 3 is 2.97 bits per heavy atom. The zero-order valence-electron chi connectivity index (χ0n) is 16.2. The van der Waals surface area contributed by atoms with Gasteiger partial charge in [-0.25, -0.2) is 15.0 Å². The first-order valence-electron chi connectivity index (χ1n) is 9.45. The van der Waals surface area contributed by atoms with Gasteiger partial charge >= 0.3 is 0 Å². The second-order valence-electron chi connectivity index (χ2n) is 6.74. The van der Waals surface area contributed by atoms with Crippen LogP contribution < -0.4 is 10.2 Å². The van der Waals surface area contributed by atoms with E-state index >= 15 is 0 Å². The third-order valence-corrected chi connectivity index (χ3v) is 4.79. The molecule has 0 spiro atoms. The number of aliphatic hydroxyl groups is 1. The monoisotopic (exact) mass is 413 g/mol. The molecule has 0 saturated carbocycles. The quantitative estimate of drug-likeness (QED) is 0.427. The summed E-state index contributed by atoms with van der Waals surface area (Å²) in [7, 11) is 0. The summed E-state index contributed by atoms with van der Waals surface area (Å²) in [6.45, 7) is 0.874. The Morgan fingerprint density at radius 2 is 2.20 bits per heavy atom. The summed E-state index contributed by atoms with van der Waals surface area (Å²) in [5.41, 5.74) is 2.37. The van der Waals surface area contributed by atoms with Gasteiger partial charge in [-0.2, -0.15) is 0 Å². The van der Waals surface area contributed by atoms with Crippen LogP contribution in [0.2, 0.25) is 0 Å². The fourth-order valence-electron chi connectivity index (χ4n) is 3.35. The van der Waals surface area contributed by atoms with Crippen molar-refractivity contribution in [2.75, 3.05) is 18.0 Å². The number of hydrogen-bond acceptors (Lipinski definition) is 8. The highest BCUT2D eigenvalue weighted by molar-refractivity contribution is 5.83. The van der Waals surface area contributed by atoms with Crippen molar-refractivity contribution in [3.63, 3.8) is 0 Å². The normalized spacial score (nSPS) is 18.4. The molecule has 3 aromatic rings. The summed E-state index contributed by atoms with van der Waals surface area (Å²) in [6.07, 6.45) is 7.47. The number of amides is 1. The number of aliphatic hydroxyl groups excluding tert-OH is 1. The molecule has 4 N–H and O–H groups in total. The van der Waals surface area contributed by atoms with Crippen LogP contribution >= 0.6 is 0 Å². The molecule has 30 heavy (non-hydrogen) atoms. The first kappa shape index (κ1) is 21.1. The fourth-order valence-corrected chi connectivity index (χ4v) is 3.35. The molecule has 0 aliphatic carbocycles. The van der Waals surface area contributed by atoms with Gasteiger partial charge in [0.25, 0.3) is 6.47 Å². The molecule has 4 heterocycles. The number of H-pyrrole nitrogens is 1. The number of aromatic amines is 1. The molecule has 4 rings (SSSR count). The molecular weight excluding hydrogens is 390 g/mol. The van der Waals surface area contributed by atoms with Gasteiger partial charge in [-0.3, -0.25) is 14.6 Å². The summed E-state index contributed by atoms with van der Waals surface area (Å²) in [5, 5.41) is 20.2. The molecule has 0 aromatic carbocycles. The molecule has 0 unspecified atom stereocenters. The Labute approximate surface area is 172 Å². The topological polar surface area (TPSA) is 157 Å². The zero-order valence-corrected chi connectivity index (χ0v) is 16.2. The van der Waals surface area contributed by atoms with E-state index in [-0.39, 0.29) is 18.4 Å². The molecule has 1 saturated heterocycles. The number of anilines is 1. The van der Waals surface area contributed by atoms with E-state index in [0.717, 1.165) is 16.9 Å². The Morgan fingerprint density at radius 1 is 1.37 bits per heavy atom. The van der Waals surface area contributed by atoms with Crippen molar-refractivity contribution in [2.24, 2.45) is 0 Å². The standard InChI is InChI=1S/C18H21N7O2.CH2O2/c26-14-5-7-25(18-16-17(21-10-20-16)22-11-23-18)9-13(14)24-15(27)4-3-12-2-1-6-19-8-12;2-1-3/h1-2,6,8,10-11,13-14,26H,3-5,7,9H2,(H,24,27)(H,20,21,22,23);1H,(H,2,3)/t13-,14+;/m1./s1. The van der Waals surface area contributed by atoms with Crippen molar-refractivity contribution >= 4 is 29.4 Å². The number of carbonyl (C=O) groups is 2. The molecule has 2 atom stereocenters. The van der Waals surface area contributed by atoms with Crippen molar-refractivity contribution in [1.29, 1.82) is 0 Å². The van der Waals surface area contributed by atoms with Crippen molar-refractivity contribution in [1.82, 2.24) is 30.2 Å². The number of hydrogen-bond donors (Lipinski definition) is 4. The summed E-state index contributed by atoms with van der Waals surface area (Å²) in [6, 6.07) is 3.45. The predicted octanol–water partition coefficient (Wildman–Crippen LogP) is 0.137. The lowest BCUT2D eigenvalue weighted by atomic mass is 10.0. The van der Waals surface area contributed by atoms with Crippen LogP contribution in [0.15, 0.2) is 37.2 Å². The molecule has 11 heteroatoms. The van der Waals surface area contributed by atoms with Crippen molar-refractivity contribution in [2.45, 2.75) is 31.4 Å². The van der Waals surface area contributed by atoms with Crippen LogP contribution in [0.5, 0.6) is 0 Å². The summed E-state index contributed by atoms with van der Waals surface area (Å²) < 4.78 is 0. The van der Waals surface area contributed by atoms with Crippen molar-refractivity contribution < 1.29 is 19.8 Å². The van der Waals surface area contributed by atoms with Crippen LogP contribution in [0.4, 0.5) is 5.82 Å². The molecule has 1 fully saturated rings. The van der Waals surface area contributed by atoms with E-state index in [1.165, 1.54) is 6.33 Å². The van der Waals surface area contributed by atoms with Gasteiger partial charge in [0.2, 0.25) is 5.91 Å². The number of pyridine rings is 1. The van der Waals surface area contributed by atoms with Gasteiger partial charge in [-0.15, -0.1) is 0 Å². The second kappa shape index (κ2) is 10.3. The van der Waals surface area contributed by atoms with Gasteiger partial charge in [-0.05, 0) is 24.5 Å². The number of carbonyl (C=O) groups excluding carboxylic acids is 1. The van der Waals surface area contributed by atoms with Crippen LogP contribution in [0.25, 0.3) is 11.2 Å². The molecule has 1 aliphatic rings. The van der Waals surface area contributed by atoms with Gasteiger partial charge in [-0.1, -0.05) is 6.07 Å². The largest absolute Gasteiger partial charge is 0.483 e. The van der Waals surface area contributed by atoms with Gasteiger partial charge in [0.05, 0.1) is 18.5 Å². The Kier molecular flexibility index (Phi) is 7.22. The van der Waals surface area contributed by atoms with Crippen molar-refractivity contribution in [3.8, 4) is 0 Å². The van der Waals surface area contributed by atoms with E-state index < -0.39 is 6.10 Å². The highest BCUT2D eigenvalue weighted by atomic mass is 16.3. The number of piperidine rings is 1. The Bertz CT molecular complexity index is 966. The van der Waals surface area contributed by atoms with E-state index in [1.807, 2.05) is 17.0 Å². The smallest absolute Gasteiger partial charge is 0.290 e. The Balaban J connectivity index is 0.000000806. The SMILES string of the molecule is O=C(CCc1cccnc1)N[C@@H]1CN(c2ncnc3nc[nH]c23)CC[C@@H]1O.O=CO. The first-order chi connectivity index (χ1) is 14.6. The number of rotatable bonds is 5. The third kappa shape index (κ3) is 5.26. The highest BCUT2D eigenvalue weighted by Crippen LogP contribution is 2.23. The third-order valence-electron chi connectivity index (χ3n) is 4.79. The molecular formula is C19H23N7O4. The number of nitrogens with one attached hydrogen (secondary N) is 2. The second-order valence-corrected chi connectivity index (χ2v) is 6.74. The van der Waals surface area contributed by atoms with Gasteiger partial charge < -0.3 is 25.4 Å². The molecule has 1 amide bonds. The highest BCUT2D eigenvalue weighted by Gasteiger charge is 2.30. The van der Waals surface area contributed by atoms with E-state index in [4.69, 9.17) is 9.90 Å². The summed E-state index contributed by atoms with van der Waals surface area (Å²) in [5.74, 6) is 0.651. The predicted molar refractivity (Wildman–Crippen MR) is 108 cm³/mol. The van der Waals surface area contributed by atoms with Crippen LogP contribution in [-0.4, -0.2) is 72.7 Å². The summed E-state index contributed by atoms with van der Waals surface area (Å²) >= 11 is 0. The number of aryl methyl sites for hydroxylation is 1. The number of nitrogens with zero attached hydrogens (tertiary/aromatic N) is 5. The zero-order chi connectivity index (χ0) is 21.3. The van der Waals surface area contributed by atoms with Crippen LogP contribution in [0.1, 0.15) is 18.4 Å². The minimum Gasteiger partial charge on any atom is -0.483 e. The van der Waals surface area contributed by atoms with Gasteiger partial charge in [0.15, 0.2) is 11.5 Å². The maximum atomic E-state index is 12.3. The maximum Gasteiger partial charge on any atom is 0.290 e. The molecule has 3 aromatic heterocycles. The Hall–Kier alpha value is -3.60. The molecule has 11 nitrogen and oxygen atoms in total. The average molecular weight is 413 g/mol. The molecule has 1 aliphatic heterocycles. The molecule has 0 bridgehead atoms. The van der Waals surface area contributed by atoms with Crippen LogP contribution in [0.3, 0.4) is 0 Å². The molecule has 158 valence electrons. The van der Waals surface area contributed by atoms with Crippen molar-refractivity contribution in [3.05, 3.63) is 42.7 Å². The van der Waals surface area contributed by atoms with Crippen LogP contribution in [-0.2, 0) is 16.0 Å². The maximum absolute atomic E-state index is 12.3. The average Bonchev–Trinajstić information content (AvgIpc) is 3.24. The van der Waals surface area contributed by atoms with E-state index in [2.05, 4.69) is 30.2 Å². The lowest BCUT2D eigenvalue weighted by molar-refractivity contribution is -0.123. The van der Waals surface area contributed by atoms with Crippen LogP contribution in [0, 0.1) is 0 Å². The number of imidazole rings is 1. The number of fused-ring (bicyclic) bond motifs is 1. The number of carboxylic acid groups (broad SMARTS) is 1. The lowest BCUT2D eigenvalue weighted by Crippen LogP contribution is -2.55. The van der Waals surface area contributed by atoms with E-state index in [9.17, 15) is 9.90 Å². The minimum absolute atomic E-state index is 0.0841. The number of aromatic nitrogens is 5. The fraction of sp³-hybridized carbons (Fsp3) is 0.368. The van der Waals surface area contributed by atoms with E-state index in [1.54, 1.807) is 18.7 Å². The van der Waals surface area contributed by atoms with Gasteiger partial charge in [0.1, 0.15) is 11.8 Å². The molecule has 0 radical (unpaired) electrons.